The Labute approximate surface area is 136 Å². The minimum Gasteiger partial charge on any atom is -0.497 e. The molecule has 0 aliphatic carbocycles. The number of carboxylic acids is 1. The summed E-state index contributed by atoms with van der Waals surface area (Å²) in [5.41, 5.74) is 1.20. The van der Waals surface area contributed by atoms with Gasteiger partial charge in [-0.3, -0.25) is 4.79 Å². The number of ether oxygens (including phenoxy) is 2. The van der Waals surface area contributed by atoms with Crippen LogP contribution in [0, 0.1) is 0 Å². The molecule has 1 aromatic rings. The van der Waals surface area contributed by atoms with E-state index in [0.29, 0.717) is 19.6 Å². The van der Waals surface area contributed by atoms with Gasteiger partial charge in [-0.2, -0.15) is 0 Å². The van der Waals surface area contributed by atoms with Crippen molar-refractivity contribution in [3.05, 3.63) is 29.8 Å². The molecular formula is C17H23NO5. The van der Waals surface area contributed by atoms with Crippen molar-refractivity contribution in [1.82, 2.24) is 4.90 Å². The largest absolute Gasteiger partial charge is 0.497 e. The quantitative estimate of drug-likeness (QED) is 0.774. The summed E-state index contributed by atoms with van der Waals surface area (Å²) in [4.78, 5) is 24.8. The molecule has 126 valence electrons. The van der Waals surface area contributed by atoms with Gasteiger partial charge in [0.05, 0.1) is 20.3 Å². The van der Waals surface area contributed by atoms with Crippen molar-refractivity contribution in [2.24, 2.45) is 0 Å². The Hall–Kier alpha value is -2.08. The van der Waals surface area contributed by atoms with E-state index in [1.165, 1.54) is 10.5 Å². The van der Waals surface area contributed by atoms with E-state index in [1.807, 2.05) is 24.3 Å². The van der Waals surface area contributed by atoms with Crippen LogP contribution in [0.2, 0.25) is 0 Å². The van der Waals surface area contributed by atoms with E-state index in [9.17, 15) is 9.59 Å². The third kappa shape index (κ3) is 4.96. The van der Waals surface area contributed by atoms with Crippen LogP contribution in [0.1, 0.15) is 24.8 Å². The lowest BCUT2D eigenvalue weighted by molar-refractivity contribution is -0.158. The van der Waals surface area contributed by atoms with Crippen molar-refractivity contribution in [3.8, 4) is 5.75 Å². The van der Waals surface area contributed by atoms with Gasteiger partial charge in [0, 0.05) is 13.0 Å². The maximum atomic E-state index is 12.2. The molecule has 1 N–H and O–H groups in total. The molecule has 6 heteroatoms. The predicted molar refractivity (Wildman–Crippen MR) is 84.5 cm³/mol. The second-order valence-corrected chi connectivity index (χ2v) is 5.57. The fraction of sp³-hybridized carbons (Fsp3) is 0.529. The molecular weight excluding hydrogens is 298 g/mol. The normalized spacial score (nSPS) is 17.8. The van der Waals surface area contributed by atoms with Crippen LogP contribution in [0.5, 0.6) is 5.75 Å². The third-order valence-corrected chi connectivity index (χ3v) is 4.00. The molecule has 0 saturated carbocycles. The lowest BCUT2D eigenvalue weighted by Gasteiger charge is -2.32. The number of methoxy groups -OCH3 is 1. The molecule has 1 aliphatic rings. The first-order valence-corrected chi connectivity index (χ1v) is 7.85. The Bertz CT molecular complexity index is 528. The van der Waals surface area contributed by atoms with E-state index in [2.05, 4.69) is 0 Å². The first-order chi connectivity index (χ1) is 11.1. The minimum atomic E-state index is -1.00. The molecule has 0 aromatic heterocycles. The highest BCUT2D eigenvalue weighted by atomic mass is 16.5. The topological polar surface area (TPSA) is 76.1 Å². The van der Waals surface area contributed by atoms with Gasteiger partial charge >= 0.3 is 5.97 Å². The number of carboxylic acid groups (broad SMARTS) is 1. The van der Waals surface area contributed by atoms with Crippen LogP contribution in [0.15, 0.2) is 24.3 Å². The number of hydrogen-bond acceptors (Lipinski definition) is 4. The van der Waals surface area contributed by atoms with Crippen molar-refractivity contribution in [1.29, 1.82) is 0 Å². The zero-order valence-electron chi connectivity index (χ0n) is 13.4. The van der Waals surface area contributed by atoms with Crippen molar-refractivity contribution >= 4 is 11.9 Å². The number of amides is 1. The van der Waals surface area contributed by atoms with Crippen LogP contribution >= 0.6 is 0 Å². The highest BCUT2D eigenvalue weighted by Gasteiger charge is 2.32. The first kappa shape index (κ1) is 17.3. The molecule has 0 radical (unpaired) electrons. The number of carbonyl (C=O) groups excluding carboxylic acids is 1. The summed E-state index contributed by atoms with van der Waals surface area (Å²) in [7, 11) is 1.64. The maximum Gasteiger partial charge on any atom is 0.328 e. The van der Waals surface area contributed by atoms with Crippen LogP contribution < -0.4 is 4.74 Å². The molecule has 1 aliphatic heterocycles. The molecule has 1 aromatic carbocycles. The number of rotatable bonds is 7. The Morgan fingerprint density at radius 2 is 2.04 bits per heavy atom. The van der Waals surface area contributed by atoms with E-state index in [1.54, 1.807) is 7.11 Å². The Morgan fingerprint density at radius 3 is 2.70 bits per heavy atom. The van der Waals surface area contributed by atoms with Gasteiger partial charge in [-0.1, -0.05) is 12.1 Å². The number of unbranched alkanes of at least 4 members (excludes halogenated alkanes) is 1. The van der Waals surface area contributed by atoms with Gasteiger partial charge in [0.25, 0.3) is 0 Å². The summed E-state index contributed by atoms with van der Waals surface area (Å²) in [5, 5.41) is 9.14. The van der Waals surface area contributed by atoms with Crippen molar-refractivity contribution in [3.63, 3.8) is 0 Å². The molecule has 1 atom stereocenters. The average molecular weight is 321 g/mol. The molecule has 1 amide bonds. The molecule has 2 rings (SSSR count). The highest BCUT2D eigenvalue weighted by molar-refractivity contribution is 5.83. The average Bonchev–Trinajstić information content (AvgIpc) is 2.59. The summed E-state index contributed by atoms with van der Waals surface area (Å²) in [6, 6.07) is 7.03. The third-order valence-electron chi connectivity index (χ3n) is 4.00. The van der Waals surface area contributed by atoms with Gasteiger partial charge in [0.1, 0.15) is 5.75 Å². The van der Waals surface area contributed by atoms with Gasteiger partial charge in [0.15, 0.2) is 6.04 Å². The van der Waals surface area contributed by atoms with Gasteiger partial charge < -0.3 is 19.5 Å². The monoisotopic (exact) mass is 321 g/mol. The number of carbonyl (C=O) groups is 2. The smallest absolute Gasteiger partial charge is 0.328 e. The summed E-state index contributed by atoms with van der Waals surface area (Å²) in [6.07, 6.45) is 2.90. The van der Waals surface area contributed by atoms with Crippen LogP contribution in [0.3, 0.4) is 0 Å². The summed E-state index contributed by atoms with van der Waals surface area (Å²) >= 11 is 0. The SMILES string of the molecule is COc1ccc(CCCCC(=O)N2CCOC[C@H]2C(=O)O)cc1. The van der Waals surface area contributed by atoms with Crippen molar-refractivity contribution < 1.29 is 24.2 Å². The standard InChI is InChI=1S/C17H23NO5/c1-22-14-8-6-13(7-9-14)4-2-3-5-16(19)18-10-11-23-12-15(18)17(20)21/h6-9,15H,2-5,10-12H2,1H3,(H,20,21)/t15-/m0/s1. The highest BCUT2D eigenvalue weighted by Crippen LogP contribution is 2.15. The van der Waals surface area contributed by atoms with Crippen molar-refractivity contribution in [2.75, 3.05) is 26.9 Å². The van der Waals surface area contributed by atoms with Crippen LogP contribution in [0.4, 0.5) is 0 Å². The van der Waals surface area contributed by atoms with E-state index < -0.39 is 12.0 Å². The number of morpholine rings is 1. The lowest BCUT2D eigenvalue weighted by Crippen LogP contribution is -2.52. The Morgan fingerprint density at radius 1 is 1.30 bits per heavy atom. The predicted octanol–water partition coefficient (Wildman–Crippen LogP) is 1.72. The molecule has 0 unspecified atom stereocenters. The fourth-order valence-corrected chi connectivity index (χ4v) is 2.65. The number of hydrogen-bond donors (Lipinski definition) is 1. The molecule has 0 spiro atoms. The van der Waals surface area contributed by atoms with Gasteiger partial charge in [-0.05, 0) is 37.0 Å². The summed E-state index contributed by atoms with van der Waals surface area (Å²) < 4.78 is 10.3. The second kappa shape index (κ2) is 8.53. The molecule has 1 saturated heterocycles. The van der Waals surface area contributed by atoms with Gasteiger partial charge in [-0.25, -0.2) is 4.79 Å². The number of aliphatic carboxylic acids is 1. The fourth-order valence-electron chi connectivity index (χ4n) is 2.65. The maximum absolute atomic E-state index is 12.2. The van der Waals surface area contributed by atoms with Crippen LogP contribution in [-0.2, 0) is 20.7 Å². The molecule has 1 fully saturated rings. The van der Waals surface area contributed by atoms with Crippen LogP contribution in [0.25, 0.3) is 0 Å². The second-order valence-electron chi connectivity index (χ2n) is 5.57. The van der Waals surface area contributed by atoms with Crippen molar-refractivity contribution in [2.45, 2.75) is 31.7 Å². The molecule has 23 heavy (non-hydrogen) atoms. The summed E-state index contributed by atoms with van der Waals surface area (Å²) in [5.74, 6) is -0.275. The van der Waals surface area contributed by atoms with Gasteiger partial charge in [0.2, 0.25) is 5.91 Å². The first-order valence-electron chi connectivity index (χ1n) is 7.85. The zero-order chi connectivity index (χ0) is 16.7. The van der Waals surface area contributed by atoms with E-state index in [4.69, 9.17) is 14.6 Å². The Kier molecular flexibility index (Phi) is 6.40. The number of benzene rings is 1. The molecule has 0 bridgehead atoms. The molecule has 6 nitrogen and oxygen atoms in total. The number of aryl methyl sites for hydroxylation is 1. The Balaban J connectivity index is 1.74. The van der Waals surface area contributed by atoms with E-state index in [0.717, 1.165) is 25.0 Å². The van der Waals surface area contributed by atoms with E-state index >= 15 is 0 Å². The van der Waals surface area contributed by atoms with E-state index in [-0.39, 0.29) is 12.5 Å². The summed E-state index contributed by atoms with van der Waals surface area (Å²) in [6.45, 7) is 0.836. The zero-order valence-corrected chi connectivity index (χ0v) is 13.4. The van der Waals surface area contributed by atoms with Crippen LogP contribution in [-0.4, -0.2) is 54.8 Å². The number of nitrogens with zero attached hydrogens (tertiary/aromatic N) is 1. The van der Waals surface area contributed by atoms with Gasteiger partial charge in [-0.15, -0.1) is 0 Å². The minimum absolute atomic E-state index is 0.0763. The lowest BCUT2D eigenvalue weighted by atomic mass is 10.1. The molecule has 1 heterocycles.